The van der Waals surface area contributed by atoms with Crippen LogP contribution in [0.3, 0.4) is 0 Å². The van der Waals surface area contributed by atoms with E-state index in [0.717, 1.165) is 0 Å². The molecule has 2 amide bonds. The monoisotopic (exact) mass is 238 g/mol. The second kappa shape index (κ2) is 7.09. The van der Waals surface area contributed by atoms with Gasteiger partial charge in [-0.05, 0) is 12.8 Å². The highest BCUT2D eigenvalue weighted by Crippen LogP contribution is 2.03. The van der Waals surface area contributed by atoms with E-state index in [4.69, 9.17) is 7.85 Å². The topological polar surface area (TPSA) is 75.3 Å². The Balaban J connectivity index is 4.55. The molecule has 0 rings (SSSR count). The predicted octanol–water partition coefficient (Wildman–Crippen LogP) is -0.263. The van der Waals surface area contributed by atoms with Gasteiger partial charge in [0.1, 0.15) is 6.04 Å². The van der Waals surface area contributed by atoms with Crippen LogP contribution in [0.2, 0.25) is 0 Å². The fourth-order valence-corrected chi connectivity index (χ4v) is 1.18. The summed E-state index contributed by atoms with van der Waals surface area (Å²) in [6, 6.07) is -1.40. The SMILES string of the molecule is [B]C(=O)[C@H](C)NC(=O)C(NC(=O)CC)C(C)C. The number of carbonyl (C=O) groups excluding carboxylic acids is 3. The molecule has 2 N–H and O–H groups in total. The van der Waals surface area contributed by atoms with Crippen molar-refractivity contribution in [3.05, 3.63) is 0 Å². The first-order chi connectivity index (χ1) is 7.79. The molecule has 0 heterocycles. The van der Waals surface area contributed by atoms with E-state index in [1.807, 2.05) is 13.8 Å². The Bertz CT molecular complexity index is 305. The quantitative estimate of drug-likeness (QED) is 0.626. The summed E-state index contributed by atoms with van der Waals surface area (Å²) in [4.78, 5) is 33.9. The highest BCUT2D eigenvalue weighted by atomic mass is 16.2. The van der Waals surface area contributed by atoms with E-state index in [1.54, 1.807) is 6.92 Å². The molecule has 17 heavy (non-hydrogen) atoms. The van der Waals surface area contributed by atoms with Crippen molar-refractivity contribution in [3.63, 3.8) is 0 Å². The summed E-state index contributed by atoms with van der Waals surface area (Å²) in [6.45, 7) is 6.83. The van der Waals surface area contributed by atoms with E-state index < -0.39 is 23.7 Å². The molecular formula is C11H19BN2O3. The van der Waals surface area contributed by atoms with Gasteiger partial charge in [0.15, 0.2) is 7.85 Å². The molecule has 0 saturated heterocycles. The largest absolute Gasteiger partial charge is 0.346 e. The fraction of sp³-hybridized carbons (Fsp3) is 0.727. The number of rotatable bonds is 6. The third kappa shape index (κ3) is 5.52. The van der Waals surface area contributed by atoms with Gasteiger partial charge in [-0.15, -0.1) is 0 Å². The first-order valence-electron chi connectivity index (χ1n) is 5.68. The molecule has 0 spiro atoms. The molecule has 94 valence electrons. The van der Waals surface area contributed by atoms with Crippen LogP contribution in [0.15, 0.2) is 0 Å². The van der Waals surface area contributed by atoms with Gasteiger partial charge in [0.25, 0.3) is 0 Å². The molecule has 2 radical (unpaired) electrons. The zero-order valence-electron chi connectivity index (χ0n) is 10.7. The summed E-state index contributed by atoms with van der Waals surface area (Å²) in [7, 11) is 5.05. The van der Waals surface area contributed by atoms with Crippen LogP contribution in [0.25, 0.3) is 0 Å². The maximum absolute atomic E-state index is 11.8. The molecule has 0 aliphatic carbocycles. The van der Waals surface area contributed by atoms with Gasteiger partial charge in [0.05, 0.1) is 11.7 Å². The molecule has 0 bridgehead atoms. The third-order valence-electron chi connectivity index (χ3n) is 2.37. The van der Waals surface area contributed by atoms with Gasteiger partial charge in [-0.2, -0.15) is 0 Å². The van der Waals surface area contributed by atoms with E-state index in [-0.39, 0.29) is 11.8 Å². The van der Waals surface area contributed by atoms with Crippen molar-refractivity contribution >= 4 is 25.3 Å². The number of amides is 2. The molecule has 0 fully saturated rings. The molecule has 0 aromatic carbocycles. The van der Waals surface area contributed by atoms with E-state index in [9.17, 15) is 14.4 Å². The van der Waals surface area contributed by atoms with Crippen molar-refractivity contribution in [3.8, 4) is 0 Å². The highest BCUT2D eigenvalue weighted by molar-refractivity contribution is 6.59. The Morgan fingerprint density at radius 1 is 1.12 bits per heavy atom. The predicted molar refractivity (Wildman–Crippen MR) is 65.4 cm³/mol. The highest BCUT2D eigenvalue weighted by Gasteiger charge is 2.25. The van der Waals surface area contributed by atoms with E-state index >= 15 is 0 Å². The summed E-state index contributed by atoms with van der Waals surface area (Å²) in [5.41, 5.74) is -0.609. The summed E-state index contributed by atoms with van der Waals surface area (Å²) < 4.78 is 0. The molecule has 5 nitrogen and oxygen atoms in total. The van der Waals surface area contributed by atoms with Crippen molar-refractivity contribution in [1.29, 1.82) is 0 Å². The average Bonchev–Trinajstić information content (AvgIpc) is 2.24. The Hall–Kier alpha value is -1.33. The molecule has 0 saturated carbocycles. The summed E-state index contributed by atoms with van der Waals surface area (Å²) >= 11 is 0. The standard InChI is InChI=1S/C11H19BN2O3/c1-5-8(15)14-9(6(2)3)11(17)13-7(4)10(12)16/h6-7,9H,5H2,1-4H3,(H,13,17)(H,14,15)/t7-,9?/m0/s1. The first kappa shape index (κ1) is 15.7. The van der Waals surface area contributed by atoms with Crippen LogP contribution < -0.4 is 10.6 Å². The van der Waals surface area contributed by atoms with E-state index in [2.05, 4.69) is 10.6 Å². The van der Waals surface area contributed by atoms with E-state index in [0.29, 0.717) is 6.42 Å². The number of carbonyl (C=O) groups is 3. The summed E-state index contributed by atoms with van der Waals surface area (Å²) in [5, 5.41) is 5.07. The molecule has 6 heteroatoms. The van der Waals surface area contributed by atoms with Crippen LogP contribution in [0.1, 0.15) is 34.1 Å². The van der Waals surface area contributed by atoms with Crippen LogP contribution in [-0.4, -0.2) is 37.4 Å². The number of hydrogen-bond donors (Lipinski definition) is 2. The van der Waals surface area contributed by atoms with Gasteiger partial charge in [0.2, 0.25) is 11.8 Å². The van der Waals surface area contributed by atoms with Crippen LogP contribution in [0, 0.1) is 5.92 Å². The lowest BCUT2D eigenvalue weighted by Crippen LogP contribution is -2.52. The maximum atomic E-state index is 11.8. The lowest BCUT2D eigenvalue weighted by molar-refractivity contribution is -0.131. The van der Waals surface area contributed by atoms with Crippen molar-refractivity contribution in [2.24, 2.45) is 5.92 Å². The van der Waals surface area contributed by atoms with Gasteiger partial charge in [0, 0.05) is 6.42 Å². The second-order valence-electron chi connectivity index (χ2n) is 4.28. The molecular weight excluding hydrogens is 219 g/mol. The molecule has 2 atom stereocenters. The van der Waals surface area contributed by atoms with Gasteiger partial charge in [-0.1, -0.05) is 20.8 Å². The second-order valence-corrected chi connectivity index (χ2v) is 4.28. The normalized spacial score (nSPS) is 13.9. The maximum Gasteiger partial charge on any atom is 0.243 e. The van der Waals surface area contributed by atoms with Gasteiger partial charge in [-0.25, -0.2) is 0 Å². The first-order valence-corrected chi connectivity index (χ1v) is 5.68. The van der Waals surface area contributed by atoms with Gasteiger partial charge >= 0.3 is 0 Å². The van der Waals surface area contributed by atoms with Crippen molar-refractivity contribution in [2.45, 2.75) is 46.2 Å². The number of hydrogen-bond acceptors (Lipinski definition) is 3. The smallest absolute Gasteiger partial charge is 0.243 e. The zero-order chi connectivity index (χ0) is 13.6. The average molecular weight is 238 g/mol. The molecule has 1 unspecified atom stereocenters. The fourth-order valence-electron chi connectivity index (χ4n) is 1.18. The number of nitrogens with one attached hydrogen (secondary N) is 2. The molecule has 0 aromatic rings. The zero-order valence-corrected chi connectivity index (χ0v) is 10.7. The Kier molecular flexibility index (Phi) is 6.54. The van der Waals surface area contributed by atoms with Crippen molar-refractivity contribution in [2.75, 3.05) is 0 Å². The van der Waals surface area contributed by atoms with Crippen LogP contribution in [-0.2, 0) is 14.4 Å². The molecule has 0 aromatic heterocycles. The van der Waals surface area contributed by atoms with Gasteiger partial charge < -0.3 is 15.4 Å². The van der Waals surface area contributed by atoms with Crippen LogP contribution >= 0.6 is 0 Å². The molecule has 0 aliphatic heterocycles. The third-order valence-corrected chi connectivity index (χ3v) is 2.37. The van der Waals surface area contributed by atoms with Crippen molar-refractivity contribution < 1.29 is 14.4 Å². The summed E-state index contributed by atoms with van der Waals surface area (Å²) in [5.74, 6) is -0.663. The Morgan fingerprint density at radius 3 is 2.00 bits per heavy atom. The van der Waals surface area contributed by atoms with Crippen LogP contribution in [0.4, 0.5) is 0 Å². The molecule has 0 aliphatic rings. The van der Waals surface area contributed by atoms with Crippen LogP contribution in [0.5, 0.6) is 0 Å². The minimum atomic E-state index is -0.748. The Labute approximate surface area is 103 Å². The van der Waals surface area contributed by atoms with Gasteiger partial charge in [-0.3, -0.25) is 9.59 Å². The summed E-state index contributed by atoms with van der Waals surface area (Å²) in [6.07, 6.45) is 0.307. The van der Waals surface area contributed by atoms with Crippen molar-refractivity contribution in [1.82, 2.24) is 10.6 Å². The van der Waals surface area contributed by atoms with E-state index in [1.165, 1.54) is 6.92 Å². The minimum Gasteiger partial charge on any atom is -0.346 e. The minimum absolute atomic E-state index is 0.0643. The lowest BCUT2D eigenvalue weighted by atomic mass is 9.95. The lowest BCUT2D eigenvalue weighted by Gasteiger charge is -2.23. The Morgan fingerprint density at radius 2 is 1.65 bits per heavy atom.